The number of fused-ring (bicyclic) bond motifs is 2. The van der Waals surface area contributed by atoms with E-state index in [0.717, 1.165) is 12.4 Å². The molecular weight excluding hydrogens is 628 g/mol. The first kappa shape index (κ1) is 30.1. The lowest BCUT2D eigenvalue weighted by Crippen LogP contribution is -2.28. The third kappa shape index (κ3) is 4.92. The van der Waals surface area contributed by atoms with Crippen LogP contribution in [0.4, 0.5) is 14.6 Å². The molecule has 6 aromatic rings. The van der Waals surface area contributed by atoms with Gasteiger partial charge < -0.3 is 20.3 Å². The zero-order chi connectivity index (χ0) is 32.9. The summed E-state index contributed by atoms with van der Waals surface area (Å²) in [5.74, 6) is -6.49. The zero-order valence-electron chi connectivity index (χ0n) is 23.7. The molecule has 3 aromatic carbocycles. The molecule has 0 amide bonds. The minimum atomic E-state index is -1.84. The number of nitrogens with two attached hydrogens (primary N) is 1. The highest BCUT2D eigenvalue weighted by Gasteiger charge is 2.28. The molecule has 0 saturated heterocycles. The van der Waals surface area contributed by atoms with Crippen LogP contribution < -0.4 is 20.8 Å². The Morgan fingerprint density at radius 2 is 1.78 bits per heavy atom. The van der Waals surface area contributed by atoms with Gasteiger partial charge in [-0.25, -0.2) is 33.6 Å². The quantitative estimate of drug-likeness (QED) is 0.149. The highest BCUT2D eigenvalue weighted by atomic mass is 35.5. The molecule has 6 rings (SSSR count). The number of hydrogen-bond acceptors (Lipinski definition) is 10. The average molecular weight is 648 g/mol. The predicted molar refractivity (Wildman–Crippen MR) is 161 cm³/mol. The van der Waals surface area contributed by atoms with Crippen molar-refractivity contribution < 1.29 is 33.0 Å². The number of carboxylic acid groups (broad SMARTS) is 1. The lowest BCUT2D eigenvalue weighted by atomic mass is 10.1. The number of carbonyl (C=O) groups excluding carboxylic acids is 1. The maximum absolute atomic E-state index is 15.3. The van der Waals surface area contributed by atoms with Gasteiger partial charge in [-0.3, -0.25) is 9.36 Å². The number of halogens is 3. The number of anilines is 1. The maximum Gasteiger partial charge on any atom is 0.422 e. The first-order valence-corrected chi connectivity index (χ1v) is 13.7. The van der Waals surface area contributed by atoms with Crippen molar-refractivity contribution in [2.75, 3.05) is 12.8 Å². The predicted octanol–water partition coefficient (Wildman–Crippen LogP) is 4.31. The number of aliphatic carboxylic acids is 1. The van der Waals surface area contributed by atoms with Gasteiger partial charge in [0, 0.05) is 17.7 Å². The summed E-state index contributed by atoms with van der Waals surface area (Å²) in [5, 5.41) is 13.4. The van der Waals surface area contributed by atoms with E-state index < -0.39 is 35.2 Å². The van der Waals surface area contributed by atoms with Crippen molar-refractivity contribution in [3.63, 3.8) is 0 Å². The minimum absolute atomic E-state index is 0.0335. The van der Waals surface area contributed by atoms with Gasteiger partial charge in [0.1, 0.15) is 35.5 Å². The minimum Gasteiger partial charge on any atom is -0.494 e. The number of nitrogen functional groups attached to an aromatic ring is 1. The number of benzene rings is 3. The number of ether oxygens (including phenoxy) is 2. The van der Waals surface area contributed by atoms with Crippen LogP contribution in [0, 0.1) is 11.6 Å². The molecule has 0 aliphatic rings. The van der Waals surface area contributed by atoms with Crippen molar-refractivity contribution in [2.24, 2.45) is 0 Å². The number of para-hydroxylation sites is 1. The van der Waals surface area contributed by atoms with Crippen LogP contribution in [0.5, 0.6) is 11.5 Å². The van der Waals surface area contributed by atoms with E-state index in [9.17, 15) is 18.8 Å². The van der Waals surface area contributed by atoms with Crippen molar-refractivity contribution in [1.82, 2.24) is 29.3 Å². The molecule has 3 aromatic heterocycles. The van der Waals surface area contributed by atoms with Crippen molar-refractivity contribution in [3.8, 4) is 28.4 Å². The van der Waals surface area contributed by atoms with Gasteiger partial charge in [-0.2, -0.15) is 9.49 Å². The molecule has 232 valence electrons. The molecule has 0 bridgehead atoms. The van der Waals surface area contributed by atoms with Gasteiger partial charge in [0.05, 0.1) is 34.1 Å². The van der Waals surface area contributed by atoms with Crippen LogP contribution in [0.15, 0.2) is 65.7 Å². The Morgan fingerprint density at radius 3 is 2.48 bits per heavy atom. The molecule has 0 spiro atoms. The molecule has 1 atom stereocenters. The molecule has 46 heavy (non-hydrogen) atoms. The van der Waals surface area contributed by atoms with Crippen molar-refractivity contribution in [1.29, 1.82) is 0 Å². The van der Waals surface area contributed by atoms with E-state index in [4.69, 9.17) is 31.9 Å². The van der Waals surface area contributed by atoms with Gasteiger partial charge >= 0.3 is 11.9 Å². The van der Waals surface area contributed by atoms with Gasteiger partial charge in [-0.1, -0.05) is 29.8 Å². The monoisotopic (exact) mass is 647 g/mol. The first-order chi connectivity index (χ1) is 22.0. The summed E-state index contributed by atoms with van der Waals surface area (Å²) in [4.78, 5) is 49.9. The van der Waals surface area contributed by atoms with Crippen molar-refractivity contribution in [3.05, 3.63) is 93.8 Å². The van der Waals surface area contributed by atoms with E-state index >= 15 is 4.39 Å². The SMILES string of the molecule is COc1ccc(-c2nn([C@@H](C)c3nc4cc(OC(=O)C(=O)O)cc(Cl)c4c(=O)n3-c3ccccc3)c3ncnc(N)c23)c(F)c1F. The molecule has 0 unspecified atom stereocenters. The maximum atomic E-state index is 15.3. The Morgan fingerprint density at radius 1 is 1.04 bits per heavy atom. The summed E-state index contributed by atoms with van der Waals surface area (Å²) in [7, 11) is 1.20. The Hall–Kier alpha value is -5.96. The molecule has 0 fully saturated rings. The van der Waals surface area contributed by atoms with E-state index in [1.165, 1.54) is 34.6 Å². The van der Waals surface area contributed by atoms with Crippen LogP contribution in [0.3, 0.4) is 0 Å². The van der Waals surface area contributed by atoms with Crippen LogP contribution in [0.2, 0.25) is 5.02 Å². The number of hydrogen-bond donors (Lipinski definition) is 2. The van der Waals surface area contributed by atoms with Crippen LogP contribution >= 0.6 is 11.6 Å². The van der Waals surface area contributed by atoms with Gasteiger partial charge in [0.2, 0.25) is 5.82 Å². The molecule has 16 heteroatoms. The van der Waals surface area contributed by atoms with Gasteiger partial charge in [-0.05, 0) is 31.2 Å². The molecule has 3 N–H and O–H groups in total. The summed E-state index contributed by atoms with van der Waals surface area (Å²) in [6.07, 6.45) is 1.16. The van der Waals surface area contributed by atoms with Crippen molar-refractivity contribution >= 4 is 51.3 Å². The highest BCUT2D eigenvalue weighted by Crippen LogP contribution is 2.37. The standard InChI is InChI=1S/C30H20ClF2N7O6/c1-13(40-27-21(25(34)35-12-36-27)24(38-40)16-8-9-19(45-2)23(33)22(16)32)26-37-18-11-15(46-30(44)29(42)43)10-17(31)20(18)28(41)39(26)14-6-4-3-5-7-14/h3-13H,1-2H3,(H,42,43)(H2,34,35,36)/t13-/m0/s1. The zero-order valence-corrected chi connectivity index (χ0v) is 24.5. The molecule has 0 aliphatic carbocycles. The molecular formula is C30H20ClF2N7O6. The molecule has 13 nitrogen and oxygen atoms in total. The normalized spacial score (nSPS) is 11.9. The fourth-order valence-corrected chi connectivity index (χ4v) is 5.29. The Balaban J connectivity index is 1.63. The molecule has 0 aliphatic heterocycles. The van der Waals surface area contributed by atoms with E-state index in [1.54, 1.807) is 37.3 Å². The van der Waals surface area contributed by atoms with E-state index in [2.05, 4.69) is 20.1 Å². The van der Waals surface area contributed by atoms with Crippen molar-refractivity contribution in [2.45, 2.75) is 13.0 Å². The number of nitrogens with zero attached hydrogens (tertiary/aromatic N) is 6. The summed E-state index contributed by atoms with van der Waals surface area (Å²) >= 11 is 6.44. The van der Waals surface area contributed by atoms with Crippen LogP contribution in [0.1, 0.15) is 18.8 Å². The number of carboxylic acids is 1. The third-order valence-corrected chi connectivity index (χ3v) is 7.40. The fraction of sp³-hybridized carbons (Fsp3) is 0.100. The average Bonchev–Trinajstić information content (AvgIpc) is 3.42. The molecule has 0 radical (unpaired) electrons. The summed E-state index contributed by atoms with van der Waals surface area (Å²) < 4.78 is 42.5. The number of carbonyl (C=O) groups is 2. The van der Waals surface area contributed by atoms with Gasteiger partial charge in [0.25, 0.3) is 5.56 Å². The topological polar surface area (TPSA) is 177 Å². The number of rotatable bonds is 6. The summed E-state index contributed by atoms with van der Waals surface area (Å²) in [6.45, 7) is 1.63. The van der Waals surface area contributed by atoms with E-state index in [0.29, 0.717) is 5.69 Å². The summed E-state index contributed by atoms with van der Waals surface area (Å²) in [5.41, 5.74) is 5.72. The van der Waals surface area contributed by atoms with Gasteiger partial charge in [0.15, 0.2) is 17.2 Å². The molecule has 0 saturated carbocycles. The second-order valence-corrected chi connectivity index (χ2v) is 10.2. The largest absolute Gasteiger partial charge is 0.494 e. The molecule has 3 heterocycles. The lowest BCUT2D eigenvalue weighted by molar-refractivity contribution is -0.158. The highest BCUT2D eigenvalue weighted by molar-refractivity contribution is 6.35. The smallest absolute Gasteiger partial charge is 0.422 e. The number of esters is 1. The van der Waals surface area contributed by atoms with Crippen LogP contribution in [-0.4, -0.2) is 53.5 Å². The Bertz CT molecular complexity index is 2280. The fourth-order valence-electron chi connectivity index (χ4n) is 5.01. The summed E-state index contributed by atoms with van der Waals surface area (Å²) in [6, 6.07) is 12.3. The third-order valence-electron chi connectivity index (χ3n) is 7.10. The Kier molecular flexibility index (Phi) is 7.53. The second-order valence-electron chi connectivity index (χ2n) is 9.81. The number of methoxy groups -OCH3 is 1. The lowest BCUT2D eigenvalue weighted by Gasteiger charge is -2.20. The second kappa shape index (κ2) is 11.5. The van der Waals surface area contributed by atoms with E-state index in [1.807, 2.05) is 0 Å². The Labute approximate surface area is 261 Å². The van der Waals surface area contributed by atoms with Crippen LogP contribution in [0.25, 0.3) is 38.9 Å². The number of aromatic nitrogens is 6. The first-order valence-electron chi connectivity index (χ1n) is 13.3. The van der Waals surface area contributed by atoms with Crippen LogP contribution in [-0.2, 0) is 9.59 Å². The van der Waals surface area contributed by atoms with E-state index in [-0.39, 0.29) is 61.4 Å². The van der Waals surface area contributed by atoms with Gasteiger partial charge in [-0.15, -0.1) is 0 Å².